The average Bonchev–Trinajstić information content (AvgIpc) is 3.12. The molecule has 0 spiro atoms. The lowest BCUT2D eigenvalue weighted by Crippen LogP contribution is -2.56. The first kappa shape index (κ1) is 18.0. The van der Waals surface area contributed by atoms with E-state index in [2.05, 4.69) is 5.43 Å². The number of hydrazine groups is 1. The average molecular weight is 387 g/mol. The maximum Gasteiger partial charge on any atom is 0.426 e. The number of rotatable bonds is 2. The number of carbonyl (C=O) groups is 3. The van der Waals surface area contributed by atoms with Crippen molar-refractivity contribution in [2.24, 2.45) is 0 Å². The van der Waals surface area contributed by atoms with Crippen LogP contribution in [0.5, 0.6) is 0 Å². The predicted molar refractivity (Wildman–Crippen MR) is 82.2 cm³/mol. The molecule has 128 valence electrons. The minimum absolute atomic E-state index is 0.107. The third kappa shape index (κ3) is 5.05. The number of halogens is 3. The Bertz CT molecular complexity index is 523. The maximum absolute atomic E-state index is 12.4. The van der Waals surface area contributed by atoms with Crippen LogP contribution in [0.1, 0.15) is 12.8 Å². The van der Waals surface area contributed by atoms with E-state index in [0.29, 0.717) is 6.42 Å². The van der Waals surface area contributed by atoms with Crippen molar-refractivity contribution in [2.45, 2.75) is 22.7 Å². The summed E-state index contributed by atoms with van der Waals surface area (Å²) in [6.45, 7) is -0.274. The summed E-state index contributed by atoms with van der Waals surface area (Å²) in [5.41, 5.74) is 2.27. The fourth-order valence-corrected chi connectivity index (χ4v) is 2.24. The fraction of sp³-hybridized carbons (Fsp3) is 0.583. The Morgan fingerprint density at radius 1 is 1.48 bits per heavy atom. The predicted octanol–water partition coefficient (Wildman–Crippen LogP) is 2.59. The Kier molecular flexibility index (Phi) is 5.83. The zero-order valence-corrected chi connectivity index (χ0v) is 14.1. The van der Waals surface area contributed by atoms with Gasteiger partial charge in [0.05, 0.1) is 12.6 Å². The molecule has 0 saturated carbocycles. The minimum atomic E-state index is -1.77. The van der Waals surface area contributed by atoms with Crippen LogP contribution in [0.4, 0.5) is 14.4 Å². The van der Waals surface area contributed by atoms with E-state index in [1.54, 1.807) is 6.08 Å². The van der Waals surface area contributed by atoms with Gasteiger partial charge in [0.1, 0.15) is 13.2 Å². The number of nitrogens with zero attached hydrogens (tertiary/aromatic N) is 2. The van der Waals surface area contributed by atoms with Gasteiger partial charge in [0, 0.05) is 0 Å². The van der Waals surface area contributed by atoms with Crippen LogP contribution >= 0.6 is 34.8 Å². The fourth-order valence-electron chi connectivity index (χ4n) is 2.08. The summed E-state index contributed by atoms with van der Waals surface area (Å²) in [5, 5.41) is 1.01. The molecule has 1 atom stereocenters. The van der Waals surface area contributed by atoms with Gasteiger partial charge in [0.15, 0.2) is 0 Å². The highest BCUT2D eigenvalue weighted by atomic mass is 35.6. The lowest BCUT2D eigenvalue weighted by Gasteiger charge is -2.30. The highest BCUT2D eigenvalue weighted by Crippen LogP contribution is 2.26. The summed E-state index contributed by atoms with van der Waals surface area (Å²) in [4.78, 5) is 36.7. The van der Waals surface area contributed by atoms with Gasteiger partial charge in [-0.3, -0.25) is 0 Å². The molecule has 11 heteroatoms. The van der Waals surface area contributed by atoms with Crippen molar-refractivity contribution in [2.75, 3.05) is 19.8 Å². The zero-order valence-electron chi connectivity index (χ0n) is 11.8. The molecular weight excluding hydrogens is 373 g/mol. The number of urea groups is 1. The largest absolute Gasteiger partial charge is 0.447 e. The van der Waals surface area contributed by atoms with Gasteiger partial charge in [0.2, 0.25) is 3.79 Å². The highest BCUT2D eigenvalue weighted by molar-refractivity contribution is 6.67. The van der Waals surface area contributed by atoms with Crippen molar-refractivity contribution in [3.05, 3.63) is 12.2 Å². The second-order valence-corrected chi connectivity index (χ2v) is 7.31. The monoisotopic (exact) mass is 385 g/mol. The number of allylic oxidation sites excluding steroid dienone is 1. The highest BCUT2D eigenvalue weighted by Gasteiger charge is 2.36. The van der Waals surface area contributed by atoms with Crippen molar-refractivity contribution in [1.29, 1.82) is 0 Å². The van der Waals surface area contributed by atoms with Crippen molar-refractivity contribution < 1.29 is 23.9 Å². The van der Waals surface area contributed by atoms with Gasteiger partial charge in [-0.05, 0) is 12.8 Å². The van der Waals surface area contributed by atoms with E-state index in [4.69, 9.17) is 44.3 Å². The molecule has 4 amide bonds. The Morgan fingerprint density at radius 3 is 2.74 bits per heavy atom. The summed E-state index contributed by atoms with van der Waals surface area (Å²) in [6, 6.07) is -1.12. The topological polar surface area (TPSA) is 88.2 Å². The molecule has 2 aliphatic rings. The van der Waals surface area contributed by atoms with Crippen LogP contribution in [0.3, 0.4) is 0 Å². The van der Waals surface area contributed by atoms with E-state index in [-0.39, 0.29) is 13.2 Å². The number of ether oxygens (including phenoxy) is 2. The van der Waals surface area contributed by atoms with Gasteiger partial charge in [-0.15, -0.1) is 0 Å². The van der Waals surface area contributed by atoms with E-state index in [1.165, 1.54) is 0 Å². The first-order valence-electron chi connectivity index (χ1n) is 6.72. The van der Waals surface area contributed by atoms with Crippen LogP contribution in [0.25, 0.3) is 0 Å². The molecule has 8 nitrogen and oxygen atoms in total. The molecule has 1 unspecified atom stereocenters. The van der Waals surface area contributed by atoms with E-state index < -0.39 is 34.7 Å². The molecule has 1 saturated heterocycles. The zero-order chi connectivity index (χ0) is 17.0. The maximum atomic E-state index is 12.4. The molecular formula is C12H14Cl3N3O5. The lowest BCUT2D eigenvalue weighted by atomic mass is 10.2. The molecule has 23 heavy (non-hydrogen) atoms. The second kappa shape index (κ2) is 7.46. The Morgan fingerprint density at radius 2 is 2.22 bits per heavy atom. The van der Waals surface area contributed by atoms with Crippen molar-refractivity contribution in [3.8, 4) is 0 Å². The Balaban J connectivity index is 2.02. The van der Waals surface area contributed by atoms with Gasteiger partial charge in [0.25, 0.3) is 0 Å². The number of carbonyl (C=O) groups excluding carboxylic acids is 3. The van der Waals surface area contributed by atoms with E-state index in [0.717, 1.165) is 16.3 Å². The number of hydrogen-bond donors (Lipinski definition) is 1. The molecule has 1 fully saturated rings. The minimum Gasteiger partial charge on any atom is -0.447 e. The van der Waals surface area contributed by atoms with Crippen LogP contribution in [-0.2, 0) is 9.47 Å². The third-order valence-corrected chi connectivity index (χ3v) is 3.42. The van der Waals surface area contributed by atoms with Gasteiger partial charge in [-0.2, -0.15) is 0 Å². The number of nitrogens with one attached hydrogen (secondary N) is 1. The summed E-state index contributed by atoms with van der Waals surface area (Å²) in [6.07, 6.45) is 3.20. The smallest absolute Gasteiger partial charge is 0.426 e. The molecule has 0 aromatic carbocycles. The van der Waals surface area contributed by atoms with Gasteiger partial charge in [-0.1, -0.05) is 47.0 Å². The molecule has 0 aromatic heterocycles. The van der Waals surface area contributed by atoms with Crippen LogP contribution in [0, 0.1) is 0 Å². The number of amides is 4. The van der Waals surface area contributed by atoms with Crippen LogP contribution < -0.4 is 5.43 Å². The van der Waals surface area contributed by atoms with E-state index in [9.17, 15) is 14.4 Å². The van der Waals surface area contributed by atoms with E-state index >= 15 is 0 Å². The summed E-state index contributed by atoms with van der Waals surface area (Å²) in [5.74, 6) is 0. The van der Waals surface area contributed by atoms with Crippen molar-refractivity contribution >= 4 is 53.0 Å². The van der Waals surface area contributed by atoms with Crippen LogP contribution in [0.2, 0.25) is 0 Å². The molecule has 1 aliphatic carbocycles. The number of hydrogen-bond acceptors (Lipinski definition) is 5. The lowest BCUT2D eigenvalue weighted by molar-refractivity contribution is 0.0920. The third-order valence-electron chi connectivity index (χ3n) is 3.10. The standard InChI is InChI=1S/C12H14Cl3N3O5/c13-12(14,15)7-23-9(19)16-18(8-3-1-2-4-8)10(20)17-5-6-22-11(17)21/h1,3,8H,2,4-7H2,(H,16,19). The summed E-state index contributed by atoms with van der Waals surface area (Å²) >= 11 is 16.5. The number of imide groups is 1. The molecule has 1 aliphatic heterocycles. The number of alkyl halides is 3. The van der Waals surface area contributed by atoms with Crippen LogP contribution in [-0.4, -0.2) is 57.7 Å². The van der Waals surface area contributed by atoms with Gasteiger partial charge < -0.3 is 9.47 Å². The normalized spacial score (nSPS) is 20.4. The Hall–Kier alpha value is -1.38. The quantitative estimate of drug-likeness (QED) is 0.448. The second-order valence-electron chi connectivity index (χ2n) is 4.79. The first-order chi connectivity index (χ1) is 10.8. The molecule has 0 radical (unpaired) electrons. The number of cyclic esters (lactones) is 1. The Labute approximate surface area is 147 Å². The molecule has 0 aromatic rings. The van der Waals surface area contributed by atoms with E-state index in [1.807, 2.05) is 6.08 Å². The first-order valence-corrected chi connectivity index (χ1v) is 7.85. The molecule has 2 rings (SSSR count). The molecule has 1 heterocycles. The van der Waals surface area contributed by atoms with Crippen molar-refractivity contribution in [1.82, 2.24) is 15.3 Å². The van der Waals surface area contributed by atoms with Gasteiger partial charge >= 0.3 is 18.2 Å². The molecule has 0 bridgehead atoms. The van der Waals surface area contributed by atoms with Crippen molar-refractivity contribution in [3.63, 3.8) is 0 Å². The van der Waals surface area contributed by atoms with Gasteiger partial charge in [-0.25, -0.2) is 29.7 Å². The van der Waals surface area contributed by atoms with Crippen LogP contribution in [0.15, 0.2) is 12.2 Å². The summed E-state index contributed by atoms with van der Waals surface area (Å²) < 4.78 is 7.69. The summed E-state index contributed by atoms with van der Waals surface area (Å²) in [7, 11) is 0. The SMILES string of the molecule is O=C(NN(C(=O)N1CCOC1=O)C1C=CCC1)OCC(Cl)(Cl)Cl. The molecule has 1 N–H and O–H groups in total.